The van der Waals surface area contributed by atoms with Crippen LogP contribution in [0.5, 0.6) is 0 Å². The predicted molar refractivity (Wildman–Crippen MR) is 36.8 cm³/mol. The first-order valence-corrected chi connectivity index (χ1v) is 3.98. The Bertz CT molecular complexity index is 134. The molecule has 0 bridgehead atoms. The Morgan fingerprint density at radius 3 is 2.18 bits per heavy atom. The van der Waals surface area contributed by atoms with Gasteiger partial charge in [0.2, 0.25) is 0 Å². The summed E-state index contributed by atoms with van der Waals surface area (Å²) in [6.07, 6.45) is -1.24. The molecule has 0 heterocycles. The molecule has 1 radical (unpaired) electrons. The second-order valence-corrected chi connectivity index (χ2v) is 2.86. The van der Waals surface area contributed by atoms with E-state index in [4.69, 9.17) is 20.0 Å². The van der Waals surface area contributed by atoms with Crippen molar-refractivity contribution in [1.29, 1.82) is 0 Å². The van der Waals surface area contributed by atoms with E-state index in [0.29, 0.717) is 0 Å². The van der Waals surface area contributed by atoms with Crippen molar-refractivity contribution in [3.63, 3.8) is 0 Å². The van der Waals surface area contributed by atoms with Gasteiger partial charge in [-0.3, -0.25) is 4.52 Å². The summed E-state index contributed by atoms with van der Waals surface area (Å²) in [4.78, 5) is 16.1. The summed E-state index contributed by atoms with van der Waals surface area (Å²) in [5, 5.41) is 16.7. The Balaban J connectivity index is 0. The minimum Gasteiger partial charge on any atom is -0.394 e. The van der Waals surface area contributed by atoms with Crippen molar-refractivity contribution >= 4 is 37.4 Å². The molecule has 0 aromatic rings. The number of phosphoric acid groups is 1. The van der Waals surface area contributed by atoms with Crippen molar-refractivity contribution in [3.05, 3.63) is 0 Å². The molecule has 0 aromatic carbocycles. The van der Waals surface area contributed by atoms with Crippen molar-refractivity contribution < 1.29 is 29.1 Å². The number of aliphatic hydroxyl groups excluding tert-OH is 2. The summed E-state index contributed by atoms with van der Waals surface area (Å²) in [5.41, 5.74) is 0. The van der Waals surface area contributed by atoms with Gasteiger partial charge in [0.15, 0.2) is 0 Å². The van der Waals surface area contributed by atoms with Crippen LogP contribution in [0.15, 0.2) is 0 Å². The quantitative estimate of drug-likeness (QED) is 0.307. The number of rotatable bonds is 4. The van der Waals surface area contributed by atoms with Crippen molar-refractivity contribution in [3.8, 4) is 0 Å². The number of phosphoric ester groups is 1. The van der Waals surface area contributed by atoms with Gasteiger partial charge in [0.25, 0.3) is 0 Å². The first kappa shape index (κ1) is 14.5. The largest absolute Gasteiger partial charge is 0.469 e. The number of hydrogen-bond acceptors (Lipinski definition) is 4. The van der Waals surface area contributed by atoms with Crippen LogP contribution < -0.4 is 0 Å². The maximum atomic E-state index is 9.93. The zero-order chi connectivity index (χ0) is 8.20. The molecule has 1 atom stereocenters. The molecule has 0 fully saturated rings. The minimum absolute atomic E-state index is 0. The molecule has 0 rings (SSSR count). The molecule has 0 spiro atoms. The fourth-order valence-electron chi connectivity index (χ4n) is 0.236. The van der Waals surface area contributed by atoms with Crippen LogP contribution in [0.4, 0.5) is 0 Å². The average Bonchev–Trinajstić information content (AvgIpc) is 1.81. The Labute approximate surface area is 85.7 Å². The summed E-state index contributed by atoms with van der Waals surface area (Å²) < 4.78 is 13.8. The second kappa shape index (κ2) is 6.54. The van der Waals surface area contributed by atoms with Crippen LogP contribution in [-0.2, 0) is 9.09 Å². The third kappa shape index (κ3) is 11.0. The van der Waals surface area contributed by atoms with E-state index < -0.39 is 27.1 Å². The molecule has 0 saturated carbocycles. The summed E-state index contributed by atoms with van der Waals surface area (Å²) in [5.74, 6) is 0. The van der Waals surface area contributed by atoms with Crippen LogP contribution in [0.25, 0.3) is 0 Å². The minimum atomic E-state index is -4.50. The zero-order valence-electron chi connectivity index (χ0n) is 6.04. The molecule has 0 amide bonds. The van der Waals surface area contributed by atoms with Crippen molar-refractivity contribution in [2.75, 3.05) is 13.2 Å². The molecular weight excluding hydrogens is 186 g/mol. The molecule has 0 aliphatic rings. The molecule has 0 aromatic heterocycles. The molecule has 8 heteroatoms. The molecule has 0 unspecified atom stereocenters. The monoisotopic (exact) mass is 195 g/mol. The van der Waals surface area contributed by atoms with Gasteiger partial charge >= 0.3 is 7.82 Å². The van der Waals surface area contributed by atoms with E-state index in [1.54, 1.807) is 0 Å². The van der Waals surface area contributed by atoms with E-state index in [0.717, 1.165) is 0 Å². The van der Waals surface area contributed by atoms with Gasteiger partial charge in [-0.05, 0) is 0 Å². The Kier molecular flexibility index (Phi) is 8.64. The van der Waals surface area contributed by atoms with E-state index in [1.807, 2.05) is 0 Å². The van der Waals surface area contributed by atoms with Gasteiger partial charge < -0.3 is 20.0 Å². The van der Waals surface area contributed by atoms with Gasteiger partial charge in [-0.2, -0.15) is 0 Å². The summed E-state index contributed by atoms with van der Waals surface area (Å²) in [6.45, 7) is -1.15. The predicted octanol–water partition coefficient (Wildman–Crippen LogP) is -1.93. The summed E-state index contributed by atoms with van der Waals surface area (Å²) in [7, 11) is -4.50. The standard InChI is InChI=1S/C3H9O6P.Na/c4-1-3(5)2-9-10(6,7)8;/h3-5H,1-2H2,(H2,6,7,8);/t3-;/m1./s1. The van der Waals surface area contributed by atoms with Crippen molar-refractivity contribution in [2.24, 2.45) is 0 Å². The molecule has 0 aliphatic heterocycles. The molecule has 4 N–H and O–H groups in total. The smallest absolute Gasteiger partial charge is 0.394 e. The zero-order valence-corrected chi connectivity index (χ0v) is 8.94. The van der Waals surface area contributed by atoms with Gasteiger partial charge in [-0.1, -0.05) is 0 Å². The van der Waals surface area contributed by atoms with Gasteiger partial charge in [0.1, 0.15) is 6.10 Å². The third-order valence-electron chi connectivity index (χ3n) is 0.646. The van der Waals surface area contributed by atoms with Crippen LogP contribution in [0, 0.1) is 0 Å². The fourth-order valence-corrected chi connectivity index (χ4v) is 0.602. The van der Waals surface area contributed by atoms with Crippen molar-refractivity contribution in [1.82, 2.24) is 0 Å². The van der Waals surface area contributed by atoms with Gasteiger partial charge in [-0.15, -0.1) is 0 Å². The molecule has 63 valence electrons. The fraction of sp³-hybridized carbons (Fsp3) is 1.00. The van der Waals surface area contributed by atoms with Crippen LogP contribution in [0.1, 0.15) is 0 Å². The maximum Gasteiger partial charge on any atom is 0.469 e. The molecule has 0 saturated heterocycles. The SMILES string of the molecule is O=P(O)(O)OC[C@H](O)CO.[Na]. The molecular formula is C3H9NaO6P. The number of hydrogen-bond donors (Lipinski definition) is 4. The van der Waals surface area contributed by atoms with Crippen molar-refractivity contribution in [2.45, 2.75) is 6.10 Å². The van der Waals surface area contributed by atoms with Crippen LogP contribution in [0.3, 0.4) is 0 Å². The number of aliphatic hydroxyl groups is 2. The van der Waals surface area contributed by atoms with E-state index in [-0.39, 0.29) is 29.6 Å². The topological polar surface area (TPSA) is 107 Å². The first-order chi connectivity index (χ1) is 4.45. The van der Waals surface area contributed by atoms with Crippen LogP contribution in [0.2, 0.25) is 0 Å². The van der Waals surface area contributed by atoms with E-state index in [9.17, 15) is 4.57 Å². The Hall–Kier alpha value is 1.03. The average molecular weight is 195 g/mol. The van der Waals surface area contributed by atoms with Crippen LogP contribution in [-0.4, -0.2) is 68.9 Å². The Morgan fingerprint density at radius 1 is 1.45 bits per heavy atom. The van der Waals surface area contributed by atoms with Gasteiger partial charge in [0.05, 0.1) is 13.2 Å². The van der Waals surface area contributed by atoms with E-state index in [1.165, 1.54) is 0 Å². The summed E-state index contributed by atoms with van der Waals surface area (Å²) >= 11 is 0. The maximum absolute atomic E-state index is 9.93. The summed E-state index contributed by atoms with van der Waals surface area (Å²) in [6, 6.07) is 0. The molecule has 11 heavy (non-hydrogen) atoms. The van der Waals surface area contributed by atoms with Gasteiger partial charge in [-0.25, -0.2) is 4.57 Å². The molecule has 0 aliphatic carbocycles. The van der Waals surface area contributed by atoms with Gasteiger partial charge in [0, 0.05) is 29.6 Å². The van der Waals surface area contributed by atoms with E-state index in [2.05, 4.69) is 4.52 Å². The Morgan fingerprint density at radius 2 is 1.91 bits per heavy atom. The first-order valence-electron chi connectivity index (χ1n) is 2.44. The van der Waals surface area contributed by atoms with Crippen LogP contribution >= 0.6 is 7.82 Å². The van der Waals surface area contributed by atoms with E-state index >= 15 is 0 Å². The normalized spacial score (nSPS) is 13.8. The molecule has 6 nitrogen and oxygen atoms in total. The second-order valence-electron chi connectivity index (χ2n) is 1.62. The third-order valence-corrected chi connectivity index (χ3v) is 1.13.